The Balaban J connectivity index is 1.90. The molecule has 1 aliphatic heterocycles. The number of carboxylic acids is 1. The van der Waals surface area contributed by atoms with Crippen molar-refractivity contribution in [1.29, 1.82) is 0 Å². The lowest BCUT2D eigenvalue weighted by Gasteiger charge is -2.18. The van der Waals surface area contributed by atoms with Crippen LogP contribution < -0.4 is 4.74 Å². The third-order valence-electron chi connectivity index (χ3n) is 4.40. The van der Waals surface area contributed by atoms with Gasteiger partial charge in [-0.1, -0.05) is 6.07 Å². The third-order valence-corrected chi connectivity index (χ3v) is 5.57. The Labute approximate surface area is 161 Å². The first-order valence-corrected chi connectivity index (χ1v) is 9.81. The van der Waals surface area contributed by atoms with Gasteiger partial charge in [0, 0.05) is 18.4 Å². The Morgan fingerprint density at radius 2 is 1.89 bits per heavy atom. The molecule has 2 aromatic carbocycles. The van der Waals surface area contributed by atoms with E-state index in [4.69, 9.17) is 9.84 Å². The van der Waals surface area contributed by atoms with E-state index < -0.39 is 17.6 Å². The molecule has 0 aliphatic carbocycles. The molecule has 0 aromatic heterocycles. The quantitative estimate of drug-likeness (QED) is 0.513. The van der Waals surface area contributed by atoms with Crippen molar-refractivity contribution in [2.45, 2.75) is 50.5 Å². The largest absolute Gasteiger partial charge is 0.487 e. The summed E-state index contributed by atoms with van der Waals surface area (Å²) >= 11 is 1.00. The Morgan fingerprint density at radius 3 is 2.52 bits per heavy atom. The van der Waals surface area contributed by atoms with Crippen molar-refractivity contribution in [2.24, 2.45) is 0 Å². The molecule has 0 unspecified atom stereocenters. The molecule has 1 heterocycles. The number of halogens is 2. The molecule has 0 amide bonds. The molecule has 0 spiro atoms. The van der Waals surface area contributed by atoms with Gasteiger partial charge in [-0.2, -0.15) is 0 Å². The van der Waals surface area contributed by atoms with Gasteiger partial charge in [0.1, 0.15) is 23.0 Å². The highest BCUT2D eigenvalue weighted by atomic mass is 32.2. The maximum atomic E-state index is 14.6. The van der Waals surface area contributed by atoms with Gasteiger partial charge >= 0.3 is 5.97 Å². The molecule has 0 radical (unpaired) electrons. The Morgan fingerprint density at radius 1 is 1.22 bits per heavy atom. The summed E-state index contributed by atoms with van der Waals surface area (Å²) in [6, 6.07) is 6.58. The zero-order valence-corrected chi connectivity index (χ0v) is 16.4. The van der Waals surface area contributed by atoms with Crippen LogP contribution in [0.2, 0.25) is 0 Å². The molecule has 1 N–H and O–H groups in total. The van der Waals surface area contributed by atoms with Gasteiger partial charge in [-0.05, 0) is 67.8 Å². The summed E-state index contributed by atoms with van der Waals surface area (Å²) < 4.78 is 35.2. The SMILES string of the molecule is Cc1cc2c(c(-c3cc(F)c(SCCCC(=O)O)c(F)c3)c1)OC(C)(C)C2. The maximum absolute atomic E-state index is 14.6. The van der Waals surface area contributed by atoms with Crippen molar-refractivity contribution in [2.75, 3.05) is 5.75 Å². The van der Waals surface area contributed by atoms with E-state index in [9.17, 15) is 13.6 Å². The molecule has 6 heteroatoms. The number of fused-ring (bicyclic) bond motifs is 1. The fourth-order valence-electron chi connectivity index (χ4n) is 3.34. The summed E-state index contributed by atoms with van der Waals surface area (Å²) in [6.45, 7) is 5.93. The Hall–Kier alpha value is -2.08. The fraction of sp³-hybridized carbons (Fsp3) is 0.381. The smallest absolute Gasteiger partial charge is 0.303 e. The van der Waals surface area contributed by atoms with Crippen molar-refractivity contribution in [1.82, 2.24) is 0 Å². The summed E-state index contributed by atoms with van der Waals surface area (Å²) in [4.78, 5) is 10.5. The molecule has 3 rings (SSSR count). The van der Waals surface area contributed by atoms with Gasteiger partial charge < -0.3 is 9.84 Å². The van der Waals surface area contributed by atoms with Crippen LogP contribution in [0.15, 0.2) is 29.2 Å². The number of carbonyl (C=O) groups is 1. The summed E-state index contributed by atoms with van der Waals surface area (Å²) in [5.74, 6) is -1.17. The van der Waals surface area contributed by atoms with E-state index in [1.165, 1.54) is 12.1 Å². The van der Waals surface area contributed by atoms with Crippen LogP contribution in [-0.2, 0) is 11.2 Å². The first kappa shape index (κ1) is 19.7. The van der Waals surface area contributed by atoms with Crippen LogP contribution >= 0.6 is 11.8 Å². The van der Waals surface area contributed by atoms with Gasteiger partial charge in [-0.3, -0.25) is 4.79 Å². The fourth-order valence-corrected chi connectivity index (χ4v) is 4.22. The van der Waals surface area contributed by atoms with Gasteiger partial charge in [-0.15, -0.1) is 11.8 Å². The Bertz CT molecular complexity index is 870. The number of aliphatic carboxylic acids is 1. The monoisotopic (exact) mass is 392 g/mol. The van der Waals surface area contributed by atoms with E-state index >= 15 is 0 Å². The molecule has 3 nitrogen and oxygen atoms in total. The molecule has 0 fully saturated rings. The van der Waals surface area contributed by atoms with Crippen molar-refractivity contribution < 1.29 is 23.4 Å². The van der Waals surface area contributed by atoms with Crippen molar-refractivity contribution in [3.63, 3.8) is 0 Å². The van der Waals surface area contributed by atoms with Gasteiger partial charge in [0.25, 0.3) is 0 Å². The molecule has 144 valence electrons. The number of ether oxygens (including phenoxy) is 1. The highest BCUT2D eigenvalue weighted by molar-refractivity contribution is 7.99. The molecule has 0 saturated carbocycles. The second kappa shape index (κ2) is 7.50. The van der Waals surface area contributed by atoms with Crippen LogP contribution in [0.25, 0.3) is 11.1 Å². The highest BCUT2D eigenvalue weighted by Gasteiger charge is 2.32. The van der Waals surface area contributed by atoms with Gasteiger partial charge in [0.05, 0.1) is 4.90 Å². The second-order valence-corrected chi connectivity index (χ2v) is 8.56. The zero-order chi connectivity index (χ0) is 19.8. The Kier molecular flexibility index (Phi) is 5.47. The average molecular weight is 392 g/mol. The van der Waals surface area contributed by atoms with Crippen molar-refractivity contribution >= 4 is 17.7 Å². The molecular formula is C21H22F2O3S. The predicted octanol–water partition coefficient (Wildman–Crippen LogP) is 5.61. The number of benzene rings is 2. The van der Waals surface area contributed by atoms with Crippen LogP contribution in [-0.4, -0.2) is 22.4 Å². The molecular weight excluding hydrogens is 370 g/mol. The third kappa shape index (κ3) is 4.43. The number of hydrogen-bond acceptors (Lipinski definition) is 3. The molecule has 0 atom stereocenters. The minimum absolute atomic E-state index is 0.0170. The highest BCUT2D eigenvalue weighted by Crippen LogP contribution is 2.44. The lowest BCUT2D eigenvalue weighted by Crippen LogP contribution is -2.24. The van der Waals surface area contributed by atoms with E-state index in [2.05, 4.69) is 0 Å². The average Bonchev–Trinajstić information content (AvgIpc) is 2.85. The topological polar surface area (TPSA) is 46.5 Å². The van der Waals surface area contributed by atoms with Gasteiger partial charge in [0.15, 0.2) is 0 Å². The van der Waals surface area contributed by atoms with Gasteiger partial charge in [0.2, 0.25) is 0 Å². The summed E-state index contributed by atoms with van der Waals surface area (Å²) in [7, 11) is 0. The van der Waals surface area contributed by atoms with E-state index in [-0.39, 0.29) is 16.9 Å². The van der Waals surface area contributed by atoms with Crippen LogP contribution in [0, 0.1) is 18.6 Å². The molecule has 1 aliphatic rings. The number of thioether (sulfide) groups is 1. The molecule has 0 bridgehead atoms. The minimum atomic E-state index is -0.914. The van der Waals surface area contributed by atoms with Crippen LogP contribution in [0.5, 0.6) is 5.75 Å². The van der Waals surface area contributed by atoms with Crippen LogP contribution in [0.1, 0.15) is 37.8 Å². The van der Waals surface area contributed by atoms with E-state index in [0.717, 1.165) is 29.3 Å². The van der Waals surface area contributed by atoms with E-state index in [1.807, 2.05) is 32.9 Å². The maximum Gasteiger partial charge on any atom is 0.303 e. The van der Waals surface area contributed by atoms with Crippen molar-refractivity contribution in [3.05, 3.63) is 47.0 Å². The number of aryl methyl sites for hydroxylation is 1. The zero-order valence-electron chi connectivity index (χ0n) is 15.6. The normalized spacial score (nSPS) is 14.7. The summed E-state index contributed by atoms with van der Waals surface area (Å²) in [5, 5.41) is 8.65. The molecule has 27 heavy (non-hydrogen) atoms. The van der Waals surface area contributed by atoms with Crippen molar-refractivity contribution in [3.8, 4) is 16.9 Å². The lowest BCUT2D eigenvalue weighted by atomic mass is 9.95. The lowest BCUT2D eigenvalue weighted by molar-refractivity contribution is -0.137. The second-order valence-electron chi connectivity index (χ2n) is 7.45. The number of rotatable bonds is 6. The summed E-state index contributed by atoms with van der Waals surface area (Å²) in [6.07, 6.45) is 1.09. The first-order chi connectivity index (χ1) is 12.7. The van der Waals surface area contributed by atoms with Crippen LogP contribution in [0.4, 0.5) is 8.78 Å². The predicted molar refractivity (Wildman–Crippen MR) is 103 cm³/mol. The van der Waals surface area contributed by atoms with Gasteiger partial charge in [-0.25, -0.2) is 8.78 Å². The minimum Gasteiger partial charge on any atom is -0.487 e. The number of carboxylic acid groups (broad SMARTS) is 1. The van der Waals surface area contributed by atoms with E-state index in [0.29, 0.717) is 29.1 Å². The molecule has 2 aromatic rings. The molecule has 0 saturated heterocycles. The first-order valence-electron chi connectivity index (χ1n) is 8.83. The number of hydrogen-bond donors (Lipinski definition) is 1. The standard InChI is InChI=1S/C21H22F2O3S/c1-12-7-14-11-21(2,3)26-19(14)15(8-12)13-9-16(22)20(17(23)10-13)27-6-4-5-18(24)25/h7-10H,4-6,11H2,1-3H3,(H,24,25). The summed E-state index contributed by atoms with van der Waals surface area (Å²) in [5.41, 5.74) is 2.84. The van der Waals surface area contributed by atoms with E-state index in [1.54, 1.807) is 0 Å². The van der Waals surface area contributed by atoms with Crippen LogP contribution in [0.3, 0.4) is 0 Å².